The van der Waals surface area contributed by atoms with Crippen LogP contribution in [0.4, 0.5) is 0 Å². The van der Waals surface area contributed by atoms with Crippen LogP contribution < -0.4 is 4.74 Å². The Balaban J connectivity index is 2.13. The lowest BCUT2D eigenvalue weighted by Gasteiger charge is -2.12. The monoisotopic (exact) mass is 340 g/mol. The fourth-order valence-corrected chi connectivity index (χ4v) is 2.37. The molecule has 0 amide bonds. The number of unbranched alkanes of at least 4 members (excludes halogenated alkanes) is 1. The first-order valence-corrected chi connectivity index (χ1v) is 8.61. The van der Waals surface area contributed by atoms with Gasteiger partial charge in [0.05, 0.1) is 17.7 Å². The molecule has 0 fully saturated rings. The standard InChI is InChI=1S/C21H24O4/c1-4-5-13-24-20(22)16-9-8-10-17(14-16)21(23)25-19-12-7-6-11-18(19)15(2)3/h6-12,14-15H,4-5,13H2,1-3H3. The van der Waals surface area contributed by atoms with E-state index in [2.05, 4.69) is 0 Å². The molecule has 0 atom stereocenters. The molecule has 0 aromatic heterocycles. The van der Waals surface area contributed by atoms with Crippen molar-refractivity contribution in [3.8, 4) is 5.75 Å². The zero-order chi connectivity index (χ0) is 18.2. The van der Waals surface area contributed by atoms with Crippen LogP contribution in [0.2, 0.25) is 0 Å². The van der Waals surface area contributed by atoms with Crippen molar-refractivity contribution in [2.45, 2.75) is 39.5 Å². The molecule has 0 bridgehead atoms. The van der Waals surface area contributed by atoms with Gasteiger partial charge in [-0.1, -0.05) is 51.5 Å². The molecule has 0 radical (unpaired) electrons. The largest absolute Gasteiger partial charge is 0.462 e. The molecule has 25 heavy (non-hydrogen) atoms. The molecule has 0 aliphatic carbocycles. The predicted octanol–water partition coefficient (Wildman–Crippen LogP) is 4.99. The number of carbonyl (C=O) groups excluding carboxylic acids is 2. The van der Waals surface area contributed by atoms with Crippen LogP contribution in [0.3, 0.4) is 0 Å². The summed E-state index contributed by atoms with van der Waals surface area (Å²) >= 11 is 0. The van der Waals surface area contributed by atoms with Gasteiger partial charge in [0.1, 0.15) is 5.75 Å². The SMILES string of the molecule is CCCCOC(=O)c1cccc(C(=O)Oc2ccccc2C(C)C)c1. The first-order chi connectivity index (χ1) is 12.0. The summed E-state index contributed by atoms with van der Waals surface area (Å²) in [6.07, 6.45) is 1.77. The van der Waals surface area contributed by atoms with E-state index >= 15 is 0 Å². The Kier molecular flexibility index (Phi) is 6.75. The molecule has 0 saturated carbocycles. The van der Waals surface area contributed by atoms with Gasteiger partial charge in [0, 0.05) is 0 Å². The van der Waals surface area contributed by atoms with Crippen molar-refractivity contribution in [3.63, 3.8) is 0 Å². The molecule has 0 aliphatic rings. The number of esters is 2. The van der Waals surface area contributed by atoms with Gasteiger partial charge in [0.25, 0.3) is 0 Å². The van der Waals surface area contributed by atoms with E-state index in [0.29, 0.717) is 23.5 Å². The van der Waals surface area contributed by atoms with E-state index in [1.807, 2.05) is 39.0 Å². The second-order valence-corrected chi connectivity index (χ2v) is 6.15. The topological polar surface area (TPSA) is 52.6 Å². The Morgan fingerprint density at radius 1 is 0.960 bits per heavy atom. The third-order valence-electron chi connectivity index (χ3n) is 3.81. The summed E-state index contributed by atoms with van der Waals surface area (Å²) in [5.74, 6) is -0.135. The summed E-state index contributed by atoms with van der Waals surface area (Å²) in [7, 11) is 0. The van der Waals surface area contributed by atoms with Crippen LogP contribution in [0.15, 0.2) is 48.5 Å². The summed E-state index contributed by atoms with van der Waals surface area (Å²) in [6.45, 7) is 6.49. The van der Waals surface area contributed by atoms with Crippen LogP contribution in [-0.4, -0.2) is 18.5 Å². The molecule has 0 spiro atoms. The van der Waals surface area contributed by atoms with Crippen molar-refractivity contribution in [1.82, 2.24) is 0 Å². The smallest absolute Gasteiger partial charge is 0.343 e. The summed E-state index contributed by atoms with van der Waals surface area (Å²) in [6, 6.07) is 13.9. The number of benzene rings is 2. The lowest BCUT2D eigenvalue weighted by molar-refractivity contribution is 0.0499. The van der Waals surface area contributed by atoms with Crippen molar-refractivity contribution < 1.29 is 19.1 Å². The van der Waals surface area contributed by atoms with Crippen LogP contribution in [0.5, 0.6) is 5.75 Å². The van der Waals surface area contributed by atoms with Crippen molar-refractivity contribution in [2.75, 3.05) is 6.61 Å². The van der Waals surface area contributed by atoms with Crippen molar-refractivity contribution in [3.05, 3.63) is 65.2 Å². The zero-order valence-corrected chi connectivity index (χ0v) is 15.0. The van der Waals surface area contributed by atoms with Crippen LogP contribution in [0.25, 0.3) is 0 Å². The summed E-state index contributed by atoms with van der Waals surface area (Å²) in [5, 5.41) is 0. The van der Waals surface area contributed by atoms with E-state index < -0.39 is 11.9 Å². The summed E-state index contributed by atoms with van der Waals surface area (Å²) < 4.78 is 10.7. The molecule has 132 valence electrons. The lowest BCUT2D eigenvalue weighted by Crippen LogP contribution is -2.12. The number of para-hydroxylation sites is 1. The highest BCUT2D eigenvalue weighted by Crippen LogP contribution is 2.26. The Bertz CT molecular complexity index is 734. The highest BCUT2D eigenvalue weighted by molar-refractivity contribution is 5.96. The average Bonchev–Trinajstić information content (AvgIpc) is 2.62. The minimum absolute atomic E-state index is 0.240. The third-order valence-corrected chi connectivity index (χ3v) is 3.81. The first kappa shape index (κ1) is 18.7. The van der Waals surface area contributed by atoms with E-state index in [0.717, 1.165) is 18.4 Å². The second-order valence-electron chi connectivity index (χ2n) is 6.15. The van der Waals surface area contributed by atoms with Gasteiger partial charge in [-0.2, -0.15) is 0 Å². The number of carbonyl (C=O) groups is 2. The maximum absolute atomic E-state index is 12.4. The van der Waals surface area contributed by atoms with E-state index in [-0.39, 0.29) is 5.92 Å². The van der Waals surface area contributed by atoms with Gasteiger partial charge < -0.3 is 9.47 Å². The van der Waals surface area contributed by atoms with Gasteiger partial charge in [0.2, 0.25) is 0 Å². The van der Waals surface area contributed by atoms with Gasteiger partial charge in [0.15, 0.2) is 0 Å². The van der Waals surface area contributed by atoms with Crippen LogP contribution in [0.1, 0.15) is 65.8 Å². The Labute approximate surface area is 148 Å². The predicted molar refractivity (Wildman–Crippen MR) is 97.1 cm³/mol. The molecule has 0 saturated heterocycles. The normalized spacial score (nSPS) is 10.6. The third kappa shape index (κ3) is 5.18. The maximum atomic E-state index is 12.4. The Morgan fingerprint density at radius 2 is 1.64 bits per heavy atom. The first-order valence-electron chi connectivity index (χ1n) is 8.61. The maximum Gasteiger partial charge on any atom is 0.343 e. The highest BCUT2D eigenvalue weighted by atomic mass is 16.5. The van der Waals surface area contributed by atoms with Crippen molar-refractivity contribution in [2.24, 2.45) is 0 Å². The highest BCUT2D eigenvalue weighted by Gasteiger charge is 2.15. The molecular weight excluding hydrogens is 316 g/mol. The molecule has 2 aromatic rings. The Hall–Kier alpha value is -2.62. The molecule has 0 heterocycles. The molecule has 4 nitrogen and oxygen atoms in total. The second kappa shape index (κ2) is 9.02. The van der Waals surface area contributed by atoms with Gasteiger partial charge in [-0.3, -0.25) is 0 Å². The molecule has 2 aromatic carbocycles. The molecular formula is C21H24O4. The average molecular weight is 340 g/mol. The molecule has 0 N–H and O–H groups in total. The van der Waals surface area contributed by atoms with Crippen LogP contribution in [0, 0.1) is 0 Å². The van der Waals surface area contributed by atoms with E-state index in [4.69, 9.17) is 9.47 Å². The fourth-order valence-electron chi connectivity index (χ4n) is 2.37. The molecule has 4 heteroatoms. The van der Waals surface area contributed by atoms with E-state index in [1.165, 1.54) is 6.07 Å². The number of rotatable bonds is 7. The molecule has 2 rings (SSSR count). The van der Waals surface area contributed by atoms with E-state index in [1.54, 1.807) is 24.3 Å². The van der Waals surface area contributed by atoms with Gasteiger partial charge in [-0.15, -0.1) is 0 Å². The van der Waals surface area contributed by atoms with Crippen molar-refractivity contribution >= 4 is 11.9 Å². The van der Waals surface area contributed by atoms with Gasteiger partial charge in [-0.25, -0.2) is 9.59 Å². The van der Waals surface area contributed by atoms with Crippen LogP contribution >= 0.6 is 0 Å². The summed E-state index contributed by atoms with van der Waals surface area (Å²) in [4.78, 5) is 24.5. The quantitative estimate of drug-likeness (QED) is 0.405. The minimum atomic E-state index is -0.490. The molecule has 0 aliphatic heterocycles. The number of ether oxygens (including phenoxy) is 2. The number of hydrogen-bond acceptors (Lipinski definition) is 4. The van der Waals surface area contributed by atoms with Gasteiger partial charge >= 0.3 is 11.9 Å². The zero-order valence-electron chi connectivity index (χ0n) is 15.0. The van der Waals surface area contributed by atoms with Crippen molar-refractivity contribution in [1.29, 1.82) is 0 Å². The van der Waals surface area contributed by atoms with Crippen LogP contribution in [-0.2, 0) is 4.74 Å². The minimum Gasteiger partial charge on any atom is -0.462 e. The summed E-state index contributed by atoms with van der Waals surface area (Å²) in [5.41, 5.74) is 1.64. The lowest BCUT2D eigenvalue weighted by atomic mass is 10.0. The Morgan fingerprint density at radius 3 is 2.32 bits per heavy atom. The molecule has 0 unspecified atom stereocenters. The fraction of sp³-hybridized carbons (Fsp3) is 0.333. The van der Waals surface area contributed by atoms with E-state index in [9.17, 15) is 9.59 Å². The number of hydrogen-bond donors (Lipinski definition) is 0. The van der Waals surface area contributed by atoms with Gasteiger partial charge in [-0.05, 0) is 42.2 Å².